The molecule has 0 amide bonds. The first-order valence-electron chi connectivity index (χ1n) is 6.89. The number of benzene rings is 1. The lowest BCUT2D eigenvalue weighted by Gasteiger charge is -2.13. The van der Waals surface area contributed by atoms with Crippen molar-refractivity contribution in [3.8, 4) is 11.8 Å². The van der Waals surface area contributed by atoms with Crippen LogP contribution in [0.4, 0.5) is 0 Å². The summed E-state index contributed by atoms with van der Waals surface area (Å²) in [6, 6.07) is 6.43. The maximum atomic E-state index is 12.3. The first-order valence-corrected chi connectivity index (χ1v) is 8.37. The van der Waals surface area contributed by atoms with Crippen molar-refractivity contribution in [2.24, 2.45) is 5.73 Å². The van der Waals surface area contributed by atoms with E-state index in [4.69, 9.17) is 10.5 Å². The molecule has 0 aromatic heterocycles. The van der Waals surface area contributed by atoms with Gasteiger partial charge in [0.25, 0.3) is 0 Å². The summed E-state index contributed by atoms with van der Waals surface area (Å²) in [5.74, 6) is 5.59. The van der Waals surface area contributed by atoms with E-state index in [0.717, 1.165) is 24.8 Å². The van der Waals surface area contributed by atoms with Crippen LogP contribution in [0.5, 0.6) is 0 Å². The van der Waals surface area contributed by atoms with E-state index in [-0.39, 0.29) is 23.6 Å². The molecule has 6 heteroatoms. The maximum Gasteiger partial charge on any atom is 0.240 e. The minimum atomic E-state index is -3.49. The molecule has 2 rings (SSSR count). The first-order chi connectivity index (χ1) is 10.0. The van der Waals surface area contributed by atoms with Gasteiger partial charge in [-0.3, -0.25) is 0 Å². The summed E-state index contributed by atoms with van der Waals surface area (Å²) in [5, 5.41) is 0. The number of sulfonamides is 1. The predicted octanol–water partition coefficient (Wildman–Crippen LogP) is 0.843. The number of nitrogens with two attached hydrogens (primary N) is 1. The van der Waals surface area contributed by atoms with E-state index < -0.39 is 10.0 Å². The number of hydrogen-bond acceptors (Lipinski definition) is 4. The second kappa shape index (κ2) is 7.05. The zero-order chi connectivity index (χ0) is 15.3. The molecule has 0 aliphatic heterocycles. The Balaban J connectivity index is 2.06. The third-order valence-corrected chi connectivity index (χ3v) is 5.08. The minimum absolute atomic E-state index is 0.0586. The number of nitrogens with one attached hydrogen (secondary N) is 1. The van der Waals surface area contributed by atoms with Crippen LogP contribution < -0.4 is 10.5 Å². The lowest BCUT2D eigenvalue weighted by atomic mass is 10.2. The Labute approximate surface area is 125 Å². The molecular formula is C15H20N2O3S. The van der Waals surface area contributed by atoms with Crippen molar-refractivity contribution in [2.45, 2.75) is 36.3 Å². The highest BCUT2D eigenvalue weighted by atomic mass is 32.2. The minimum Gasteiger partial charge on any atom is -0.381 e. The Morgan fingerprint density at radius 2 is 2.05 bits per heavy atom. The van der Waals surface area contributed by atoms with Crippen molar-refractivity contribution in [3.05, 3.63) is 29.8 Å². The predicted molar refractivity (Wildman–Crippen MR) is 81.1 cm³/mol. The number of rotatable bonds is 4. The first kappa shape index (κ1) is 16.0. The molecule has 1 aromatic carbocycles. The monoisotopic (exact) mass is 308 g/mol. The summed E-state index contributed by atoms with van der Waals surface area (Å²) in [4.78, 5) is 0.252. The molecular weight excluding hydrogens is 288 g/mol. The van der Waals surface area contributed by atoms with E-state index in [2.05, 4.69) is 16.6 Å². The summed E-state index contributed by atoms with van der Waals surface area (Å²) in [7, 11) is -1.84. The van der Waals surface area contributed by atoms with Gasteiger partial charge in [0.2, 0.25) is 10.0 Å². The van der Waals surface area contributed by atoms with E-state index in [1.807, 2.05) is 0 Å². The zero-order valence-corrected chi connectivity index (χ0v) is 12.8. The molecule has 1 aromatic rings. The van der Waals surface area contributed by atoms with Gasteiger partial charge in [-0.05, 0) is 43.5 Å². The zero-order valence-electron chi connectivity index (χ0n) is 12.0. The molecule has 3 N–H and O–H groups in total. The Morgan fingerprint density at radius 1 is 1.33 bits per heavy atom. The number of hydrogen-bond donors (Lipinski definition) is 2. The largest absolute Gasteiger partial charge is 0.381 e. The van der Waals surface area contributed by atoms with Crippen LogP contribution >= 0.6 is 0 Å². The lowest BCUT2D eigenvalue weighted by Crippen LogP contribution is -2.33. The summed E-state index contributed by atoms with van der Waals surface area (Å²) in [6.45, 7) is 0.282. The van der Waals surface area contributed by atoms with Crippen LogP contribution in [0.25, 0.3) is 0 Å². The topological polar surface area (TPSA) is 81.4 Å². The average Bonchev–Trinajstić information content (AvgIpc) is 2.92. The van der Waals surface area contributed by atoms with Gasteiger partial charge in [-0.15, -0.1) is 0 Å². The fourth-order valence-corrected chi connectivity index (χ4v) is 3.70. The van der Waals surface area contributed by atoms with Crippen molar-refractivity contribution in [1.82, 2.24) is 4.72 Å². The molecule has 1 aliphatic carbocycles. The van der Waals surface area contributed by atoms with Crippen LogP contribution in [-0.4, -0.2) is 34.2 Å². The fraction of sp³-hybridized carbons (Fsp3) is 0.467. The third kappa shape index (κ3) is 4.29. The van der Waals surface area contributed by atoms with Gasteiger partial charge >= 0.3 is 0 Å². The van der Waals surface area contributed by atoms with Crippen molar-refractivity contribution < 1.29 is 13.2 Å². The molecule has 2 atom stereocenters. The van der Waals surface area contributed by atoms with Gasteiger partial charge in [-0.25, -0.2) is 13.1 Å². The smallest absolute Gasteiger partial charge is 0.240 e. The number of ether oxygens (including phenoxy) is 1. The van der Waals surface area contributed by atoms with Gasteiger partial charge in [0.1, 0.15) is 0 Å². The molecule has 0 spiro atoms. The Bertz CT molecular complexity index is 629. The molecule has 0 heterocycles. The fourth-order valence-electron chi connectivity index (χ4n) is 2.42. The molecule has 1 saturated carbocycles. The molecule has 114 valence electrons. The normalized spacial score (nSPS) is 21.8. The van der Waals surface area contributed by atoms with E-state index in [1.54, 1.807) is 31.4 Å². The Morgan fingerprint density at radius 3 is 2.62 bits per heavy atom. The quantitative estimate of drug-likeness (QED) is 0.808. The highest BCUT2D eigenvalue weighted by molar-refractivity contribution is 7.89. The highest BCUT2D eigenvalue weighted by Gasteiger charge is 2.28. The summed E-state index contributed by atoms with van der Waals surface area (Å²) < 4.78 is 32.6. The van der Waals surface area contributed by atoms with Gasteiger partial charge in [0.15, 0.2) is 0 Å². The van der Waals surface area contributed by atoms with Gasteiger partial charge in [0.05, 0.1) is 17.5 Å². The summed E-state index contributed by atoms with van der Waals surface area (Å²) in [5.41, 5.74) is 6.05. The van der Waals surface area contributed by atoms with Crippen LogP contribution in [0, 0.1) is 11.8 Å². The van der Waals surface area contributed by atoms with Gasteiger partial charge in [-0.1, -0.05) is 11.8 Å². The van der Waals surface area contributed by atoms with Gasteiger partial charge in [0, 0.05) is 18.7 Å². The highest BCUT2D eigenvalue weighted by Crippen LogP contribution is 2.23. The van der Waals surface area contributed by atoms with E-state index in [9.17, 15) is 8.42 Å². The Hall–Kier alpha value is -1.39. The molecule has 1 aliphatic rings. The molecule has 0 bridgehead atoms. The summed E-state index contributed by atoms with van der Waals surface area (Å²) in [6.07, 6.45) is 2.55. The number of methoxy groups -OCH3 is 1. The van der Waals surface area contributed by atoms with Crippen molar-refractivity contribution >= 4 is 10.0 Å². The standard InChI is InChI=1S/C15H20N2O3S/c1-20-14-7-6-13(11-14)17-21(18,19)15-8-4-12(5-9-15)3-2-10-16/h4-5,8-9,13-14,17H,6-7,10-11,16H2,1H3. The van der Waals surface area contributed by atoms with Gasteiger partial charge < -0.3 is 10.5 Å². The second-order valence-corrected chi connectivity index (χ2v) is 6.73. The lowest BCUT2D eigenvalue weighted by molar-refractivity contribution is 0.107. The van der Waals surface area contributed by atoms with Crippen molar-refractivity contribution in [2.75, 3.05) is 13.7 Å². The van der Waals surface area contributed by atoms with Gasteiger partial charge in [-0.2, -0.15) is 0 Å². The second-order valence-electron chi connectivity index (χ2n) is 5.02. The van der Waals surface area contributed by atoms with E-state index in [1.165, 1.54) is 0 Å². The maximum absolute atomic E-state index is 12.3. The van der Waals surface area contributed by atoms with Crippen molar-refractivity contribution in [3.63, 3.8) is 0 Å². The molecule has 21 heavy (non-hydrogen) atoms. The molecule has 0 radical (unpaired) electrons. The molecule has 2 unspecified atom stereocenters. The Kier molecular flexibility index (Phi) is 5.37. The van der Waals surface area contributed by atoms with Crippen LogP contribution in [0.2, 0.25) is 0 Å². The SMILES string of the molecule is COC1CCC(NS(=O)(=O)c2ccc(C#CCN)cc2)C1. The average molecular weight is 308 g/mol. The van der Waals surface area contributed by atoms with Crippen LogP contribution in [0.3, 0.4) is 0 Å². The van der Waals surface area contributed by atoms with E-state index in [0.29, 0.717) is 0 Å². The van der Waals surface area contributed by atoms with E-state index >= 15 is 0 Å². The summed E-state index contributed by atoms with van der Waals surface area (Å²) >= 11 is 0. The van der Waals surface area contributed by atoms with Crippen LogP contribution in [-0.2, 0) is 14.8 Å². The molecule has 0 saturated heterocycles. The molecule has 5 nitrogen and oxygen atoms in total. The molecule has 1 fully saturated rings. The van der Waals surface area contributed by atoms with Crippen LogP contribution in [0.1, 0.15) is 24.8 Å². The third-order valence-electron chi connectivity index (χ3n) is 3.54. The van der Waals surface area contributed by atoms with Crippen molar-refractivity contribution in [1.29, 1.82) is 0 Å². The van der Waals surface area contributed by atoms with Crippen LogP contribution in [0.15, 0.2) is 29.2 Å².